The third kappa shape index (κ3) is 3.53. The van der Waals surface area contributed by atoms with E-state index in [9.17, 15) is 0 Å². The number of rotatable bonds is 4. The number of hydrogen-bond acceptors (Lipinski definition) is 4. The monoisotopic (exact) mass is 237 g/mol. The van der Waals surface area contributed by atoms with Gasteiger partial charge in [-0.3, -0.25) is 4.90 Å². The molecule has 2 heterocycles. The summed E-state index contributed by atoms with van der Waals surface area (Å²) in [7, 11) is 0. The van der Waals surface area contributed by atoms with Gasteiger partial charge in [0.2, 0.25) is 5.89 Å². The van der Waals surface area contributed by atoms with Crippen LogP contribution in [0.1, 0.15) is 45.3 Å². The highest BCUT2D eigenvalue weighted by Crippen LogP contribution is 2.22. The van der Waals surface area contributed by atoms with Gasteiger partial charge in [0, 0.05) is 19.5 Å². The minimum Gasteiger partial charge on any atom is -0.338 e. The largest absolute Gasteiger partial charge is 0.338 e. The van der Waals surface area contributed by atoms with Crippen molar-refractivity contribution >= 4 is 0 Å². The molecule has 2 rings (SSSR count). The minimum atomic E-state index is 0.773. The molecule has 1 aromatic rings. The van der Waals surface area contributed by atoms with Crippen molar-refractivity contribution in [2.75, 3.05) is 13.1 Å². The van der Waals surface area contributed by atoms with Gasteiger partial charge in [-0.05, 0) is 24.7 Å². The number of aromatic nitrogens is 2. The Morgan fingerprint density at radius 1 is 1.29 bits per heavy atom. The normalized spacial score (nSPS) is 26.3. The summed E-state index contributed by atoms with van der Waals surface area (Å²) in [6, 6.07) is 0. The van der Waals surface area contributed by atoms with E-state index in [0.29, 0.717) is 0 Å². The molecular weight excluding hydrogens is 214 g/mol. The lowest BCUT2D eigenvalue weighted by atomic mass is 9.92. The van der Waals surface area contributed by atoms with Crippen molar-refractivity contribution in [3.05, 3.63) is 11.7 Å². The van der Waals surface area contributed by atoms with Crippen LogP contribution in [-0.4, -0.2) is 28.1 Å². The van der Waals surface area contributed by atoms with Crippen LogP contribution < -0.4 is 0 Å². The lowest BCUT2D eigenvalue weighted by Gasteiger charge is -2.33. The van der Waals surface area contributed by atoms with Gasteiger partial charge >= 0.3 is 0 Å². The maximum absolute atomic E-state index is 5.29. The van der Waals surface area contributed by atoms with Crippen LogP contribution in [0.4, 0.5) is 0 Å². The molecule has 0 saturated carbocycles. The summed E-state index contributed by atoms with van der Waals surface area (Å²) >= 11 is 0. The topological polar surface area (TPSA) is 42.2 Å². The maximum Gasteiger partial charge on any atom is 0.240 e. The molecule has 0 N–H and O–H groups in total. The van der Waals surface area contributed by atoms with E-state index >= 15 is 0 Å². The first-order chi connectivity index (χ1) is 8.17. The average molecular weight is 237 g/mol. The molecule has 2 atom stereocenters. The summed E-state index contributed by atoms with van der Waals surface area (Å²) in [6.07, 6.45) is 3.31. The van der Waals surface area contributed by atoms with Crippen LogP contribution in [0.3, 0.4) is 0 Å². The summed E-state index contributed by atoms with van der Waals surface area (Å²) in [4.78, 5) is 6.86. The van der Waals surface area contributed by atoms with Crippen LogP contribution in [0.25, 0.3) is 0 Å². The standard InChI is InChI=1S/C13H23N3O/c1-4-5-12-14-13(17-15-12)9-16-7-10(2)6-11(3)8-16/h10-11H,4-9H2,1-3H3/t10-,11-/m0/s1. The molecule has 4 nitrogen and oxygen atoms in total. The van der Waals surface area contributed by atoms with Crippen LogP contribution in [0, 0.1) is 11.8 Å². The summed E-state index contributed by atoms with van der Waals surface area (Å²) in [5.41, 5.74) is 0. The van der Waals surface area contributed by atoms with E-state index < -0.39 is 0 Å². The number of piperidine rings is 1. The fourth-order valence-corrected chi connectivity index (χ4v) is 2.79. The molecule has 1 saturated heterocycles. The summed E-state index contributed by atoms with van der Waals surface area (Å²) < 4.78 is 5.29. The van der Waals surface area contributed by atoms with E-state index in [2.05, 4.69) is 35.8 Å². The summed E-state index contributed by atoms with van der Waals surface area (Å²) in [6.45, 7) is 9.87. The number of likely N-dealkylation sites (tertiary alicyclic amines) is 1. The van der Waals surface area contributed by atoms with Crippen molar-refractivity contribution in [3.8, 4) is 0 Å². The lowest BCUT2D eigenvalue weighted by Crippen LogP contribution is -2.38. The molecule has 1 aromatic heterocycles. The van der Waals surface area contributed by atoms with Gasteiger partial charge in [-0.1, -0.05) is 25.9 Å². The molecule has 1 aliphatic rings. The predicted octanol–water partition coefficient (Wildman–Crippen LogP) is 2.50. The molecule has 0 amide bonds. The number of aryl methyl sites for hydroxylation is 1. The van der Waals surface area contributed by atoms with E-state index in [1.54, 1.807) is 0 Å². The Labute approximate surface area is 103 Å². The minimum absolute atomic E-state index is 0.773. The number of nitrogens with zero attached hydrogens (tertiary/aromatic N) is 3. The summed E-state index contributed by atoms with van der Waals surface area (Å²) in [5, 5.41) is 4.00. The fraction of sp³-hybridized carbons (Fsp3) is 0.846. The second-order valence-electron chi connectivity index (χ2n) is 5.49. The molecular formula is C13H23N3O. The zero-order valence-corrected chi connectivity index (χ0v) is 11.1. The molecule has 0 radical (unpaired) electrons. The average Bonchev–Trinajstić information content (AvgIpc) is 2.64. The highest BCUT2D eigenvalue weighted by atomic mass is 16.5. The van der Waals surface area contributed by atoms with Gasteiger partial charge in [-0.25, -0.2) is 0 Å². The van der Waals surface area contributed by atoms with E-state index in [0.717, 1.165) is 56.0 Å². The smallest absolute Gasteiger partial charge is 0.240 e. The van der Waals surface area contributed by atoms with Crippen molar-refractivity contribution < 1.29 is 4.52 Å². The van der Waals surface area contributed by atoms with Crippen molar-refractivity contribution in [2.24, 2.45) is 11.8 Å². The van der Waals surface area contributed by atoms with E-state index in [-0.39, 0.29) is 0 Å². The third-order valence-electron chi connectivity index (χ3n) is 3.29. The van der Waals surface area contributed by atoms with Gasteiger partial charge < -0.3 is 4.52 Å². The fourth-order valence-electron chi connectivity index (χ4n) is 2.79. The van der Waals surface area contributed by atoms with Gasteiger partial charge in [-0.2, -0.15) is 4.98 Å². The molecule has 0 bridgehead atoms. The number of hydrogen-bond donors (Lipinski definition) is 0. The first-order valence-electron chi connectivity index (χ1n) is 6.71. The predicted molar refractivity (Wildman–Crippen MR) is 66.5 cm³/mol. The van der Waals surface area contributed by atoms with E-state index in [1.165, 1.54) is 6.42 Å². The van der Waals surface area contributed by atoms with E-state index in [1.807, 2.05) is 0 Å². The zero-order valence-electron chi connectivity index (χ0n) is 11.1. The third-order valence-corrected chi connectivity index (χ3v) is 3.29. The van der Waals surface area contributed by atoms with Gasteiger partial charge in [0.15, 0.2) is 5.82 Å². The van der Waals surface area contributed by atoms with Crippen molar-refractivity contribution in [1.82, 2.24) is 15.0 Å². The van der Waals surface area contributed by atoms with Crippen LogP contribution in [0.5, 0.6) is 0 Å². The maximum atomic E-state index is 5.29. The van der Waals surface area contributed by atoms with Crippen molar-refractivity contribution in [3.63, 3.8) is 0 Å². The van der Waals surface area contributed by atoms with Gasteiger partial charge in [-0.15, -0.1) is 0 Å². The second kappa shape index (κ2) is 5.63. The lowest BCUT2D eigenvalue weighted by molar-refractivity contribution is 0.121. The molecule has 1 fully saturated rings. The molecule has 0 unspecified atom stereocenters. The van der Waals surface area contributed by atoms with Crippen molar-refractivity contribution in [2.45, 2.75) is 46.6 Å². The Morgan fingerprint density at radius 2 is 2.00 bits per heavy atom. The zero-order chi connectivity index (χ0) is 12.3. The Kier molecular flexibility index (Phi) is 4.15. The highest BCUT2D eigenvalue weighted by molar-refractivity contribution is 4.87. The van der Waals surface area contributed by atoms with Crippen LogP contribution in [0.2, 0.25) is 0 Å². The molecule has 17 heavy (non-hydrogen) atoms. The van der Waals surface area contributed by atoms with Crippen LogP contribution in [0.15, 0.2) is 4.52 Å². The van der Waals surface area contributed by atoms with Gasteiger partial charge in [0.05, 0.1) is 6.54 Å². The van der Waals surface area contributed by atoms with Crippen LogP contribution in [-0.2, 0) is 13.0 Å². The summed E-state index contributed by atoms with van der Waals surface area (Å²) in [5.74, 6) is 3.17. The molecule has 96 valence electrons. The van der Waals surface area contributed by atoms with Crippen LogP contribution >= 0.6 is 0 Å². The Hall–Kier alpha value is -0.900. The van der Waals surface area contributed by atoms with Gasteiger partial charge in [0.25, 0.3) is 0 Å². The SMILES string of the molecule is CCCc1noc(CN2C[C@@H](C)C[C@H](C)C2)n1. The first kappa shape index (κ1) is 12.6. The first-order valence-corrected chi connectivity index (χ1v) is 6.71. The molecule has 0 spiro atoms. The molecule has 0 aliphatic carbocycles. The van der Waals surface area contributed by atoms with Crippen molar-refractivity contribution in [1.29, 1.82) is 0 Å². The quantitative estimate of drug-likeness (QED) is 0.807. The van der Waals surface area contributed by atoms with E-state index in [4.69, 9.17) is 4.52 Å². The molecule has 1 aliphatic heterocycles. The Balaban J connectivity index is 1.90. The highest BCUT2D eigenvalue weighted by Gasteiger charge is 2.23. The Bertz CT molecular complexity index is 340. The second-order valence-corrected chi connectivity index (χ2v) is 5.49. The van der Waals surface area contributed by atoms with Gasteiger partial charge in [0.1, 0.15) is 0 Å². The Morgan fingerprint density at radius 3 is 2.65 bits per heavy atom. The molecule has 0 aromatic carbocycles. The molecule has 4 heteroatoms.